The van der Waals surface area contributed by atoms with E-state index in [1.807, 2.05) is 50.2 Å². The Labute approximate surface area is 119 Å². The Balaban J connectivity index is 2.28. The first-order valence-electron chi connectivity index (χ1n) is 6.46. The minimum atomic E-state index is 0.102. The predicted octanol–water partition coefficient (Wildman–Crippen LogP) is 4.65. The standard InChI is InChI=1S/C17H18OS/c1-4-19-15-8-6-14(7-9-15)17(18)16-10-5-12(2)11-13(16)3/h5-11H,4H2,1-3H3. The molecule has 0 aromatic heterocycles. The zero-order chi connectivity index (χ0) is 13.8. The van der Waals surface area contributed by atoms with Crippen molar-refractivity contribution in [3.8, 4) is 0 Å². The van der Waals surface area contributed by atoms with Crippen LogP contribution in [0.3, 0.4) is 0 Å². The van der Waals surface area contributed by atoms with Crippen LogP contribution in [0.2, 0.25) is 0 Å². The highest BCUT2D eigenvalue weighted by molar-refractivity contribution is 7.99. The van der Waals surface area contributed by atoms with Crippen LogP contribution in [0, 0.1) is 13.8 Å². The van der Waals surface area contributed by atoms with Gasteiger partial charge >= 0.3 is 0 Å². The Morgan fingerprint density at radius 3 is 2.32 bits per heavy atom. The summed E-state index contributed by atoms with van der Waals surface area (Å²) in [5.41, 5.74) is 3.77. The zero-order valence-electron chi connectivity index (χ0n) is 11.6. The van der Waals surface area contributed by atoms with Gasteiger partial charge < -0.3 is 0 Å². The van der Waals surface area contributed by atoms with E-state index >= 15 is 0 Å². The molecule has 0 atom stereocenters. The molecule has 0 fully saturated rings. The monoisotopic (exact) mass is 270 g/mol. The number of benzene rings is 2. The highest BCUT2D eigenvalue weighted by Crippen LogP contribution is 2.20. The molecule has 0 aliphatic carbocycles. The van der Waals surface area contributed by atoms with Crippen LogP contribution in [-0.4, -0.2) is 11.5 Å². The Morgan fingerprint density at radius 2 is 1.74 bits per heavy atom. The molecule has 0 spiro atoms. The second kappa shape index (κ2) is 6.07. The average molecular weight is 270 g/mol. The number of ketones is 1. The molecule has 0 heterocycles. The van der Waals surface area contributed by atoms with E-state index in [0.717, 1.165) is 22.4 Å². The van der Waals surface area contributed by atoms with Crippen molar-refractivity contribution in [3.63, 3.8) is 0 Å². The molecule has 0 bridgehead atoms. The molecule has 2 rings (SSSR count). The lowest BCUT2D eigenvalue weighted by atomic mass is 9.98. The molecular weight excluding hydrogens is 252 g/mol. The smallest absolute Gasteiger partial charge is 0.193 e. The SMILES string of the molecule is CCSc1ccc(C(=O)c2ccc(C)cc2C)cc1. The van der Waals surface area contributed by atoms with Crippen molar-refractivity contribution < 1.29 is 4.79 Å². The molecule has 98 valence electrons. The van der Waals surface area contributed by atoms with E-state index in [9.17, 15) is 4.79 Å². The Bertz CT molecular complexity index is 585. The molecule has 2 heteroatoms. The summed E-state index contributed by atoms with van der Waals surface area (Å²) < 4.78 is 0. The first-order chi connectivity index (χ1) is 9.11. The average Bonchev–Trinajstić information content (AvgIpc) is 2.39. The van der Waals surface area contributed by atoms with Gasteiger partial charge in [0.2, 0.25) is 0 Å². The molecular formula is C17H18OS. The van der Waals surface area contributed by atoms with Crippen molar-refractivity contribution in [2.24, 2.45) is 0 Å². The van der Waals surface area contributed by atoms with E-state index in [2.05, 4.69) is 13.0 Å². The van der Waals surface area contributed by atoms with E-state index < -0.39 is 0 Å². The molecule has 0 aliphatic heterocycles. The predicted molar refractivity (Wildman–Crippen MR) is 82.2 cm³/mol. The van der Waals surface area contributed by atoms with Gasteiger partial charge in [0, 0.05) is 16.0 Å². The molecule has 2 aromatic carbocycles. The number of aryl methyl sites for hydroxylation is 2. The first-order valence-corrected chi connectivity index (χ1v) is 7.45. The Morgan fingerprint density at radius 1 is 1.05 bits per heavy atom. The van der Waals surface area contributed by atoms with Gasteiger partial charge in [-0.2, -0.15) is 0 Å². The molecule has 0 saturated heterocycles. The van der Waals surface area contributed by atoms with Gasteiger partial charge in [0.1, 0.15) is 0 Å². The van der Waals surface area contributed by atoms with Crippen molar-refractivity contribution in [3.05, 3.63) is 64.7 Å². The fourth-order valence-electron chi connectivity index (χ4n) is 2.09. The largest absolute Gasteiger partial charge is 0.289 e. The molecule has 0 aliphatic rings. The van der Waals surface area contributed by atoms with E-state index in [4.69, 9.17) is 0 Å². The summed E-state index contributed by atoms with van der Waals surface area (Å²) in [6.07, 6.45) is 0. The third-order valence-electron chi connectivity index (χ3n) is 3.05. The van der Waals surface area contributed by atoms with Crippen LogP contribution in [0.25, 0.3) is 0 Å². The molecule has 0 N–H and O–H groups in total. The summed E-state index contributed by atoms with van der Waals surface area (Å²) in [6.45, 7) is 6.15. The highest BCUT2D eigenvalue weighted by Gasteiger charge is 2.11. The fraction of sp³-hybridized carbons (Fsp3) is 0.235. The van der Waals surface area contributed by atoms with Gasteiger partial charge in [-0.3, -0.25) is 4.79 Å². The van der Waals surface area contributed by atoms with Crippen LogP contribution in [-0.2, 0) is 0 Å². The van der Waals surface area contributed by atoms with Gasteiger partial charge in [0.05, 0.1) is 0 Å². The summed E-state index contributed by atoms with van der Waals surface area (Å²) in [4.78, 5) is 13.6. The molecule has 19 heavy (non-hydrogen) atoms. The maximum absolute atomic E-state index is 12.4. The van der Waals surface area contributed by atoms with Crippen LogP contribution in [0.4, 0.5) is 0 Å². The number of hydrogen-bond acceptors (Lipinski definition) is 2. The van der Waals surface area contributed by atoms with Gasteiger partial charge in [0.25, 0.3) is 0 Å². The van der Waals surface area contributed by atoms with Crippen molar-refractivity contribution in [1.29, 1.82) is 0 Å². The van der Waals surface area contributed by atoms with E-state index in [0.29, 0.717) is 0 Å². The maximum atomic E-state index is 12.4. The molecule has 0 saturated carbocycles. The first kappa shape index (κ1) is 13.9. The fourth-order valence-corrected chi connectivity index (χ4v) is 2.75. The van der Waals surface area contributed by atoms with Crippen LogP contribution >= 0.6 is 11.8 Å². The molecule has 1 nitrogen and oxygen atoms in total. The van der Waals surface area contributed by atoms with Gasteiger partial charge in [-0.15, -0.1) is 11.8 Å². The minimum Gasteiger partial charge on any atom is -0.289 e. The maximum Gasteiger partial charge on any atom is 0.193 e. The van der Waals surface area contributed by atoms with E-state index in [1.54, 1.807) is 11.8 Å². The highest BCUT2D eigenvalue weighted by atomic mass is 32.2. The van der Waals surface area contributed by atoms with Crippen LogP contribution < -0.4 is 0 Å². The number of carbonyl (C=O) groups excluding carboxylic acids is 1. The molecule has 0 amide bonds. The lowest BCUT2D eigenvalue weighted by Crippen LogP contribution is -2.03. The van der Waals surface area contributed by atoms with Gasteiger partial charge in [-0.1, -0.05) is 30.7 Å². The Kier molecular flexibility index (Phi) is 4.43. The summed E-state index contributed by atoms with van der Waals surface area (Å²) in [7, 11) is 0. The third-order valence-corrected chi connectivity index (χ3v) is 3.95. The minimum absolute atomic E-state index is 0.102. The second-order valence-electron chi connectivity index (χ2n) is 4.60. The number of carbonyl (C=O) groups is 1. The second-order valence-corrected chi connectivity index (χ2v) is 5.94. The number of hydrogen-bond donors (Lipinski definition) is 0. The normalized spacial score (nSPS) is 10.5. The summed E-state index contributed by atoms with van der Waals surface area (Å²) in [5.74, 6) is 1.15. The van der Waals surface area contributed by atoms with Crippen LogP contribution in [0.5, 0.6) is 0 Å². The molecule has 2 aromatic rings. The lowest BCUT2D eigenvalue weighted by Gasteiger charge is -2.07. The lowest BCUT2D eigenvalue weighted by molar-refractivity contribution is 0.103. The Hall–Kier alpha value is -1.54. The number of thioether (sulfide) groups is 1. The van der Waals surface area contributed by atoms with Crippen molar-refractivity contribution in [2.45, 2.75) is 25.7 Å². The summed E-state index contributed by atoms with van der Waals surface area (Å²) in [6, 6.07) is 13.8. The zero-order valence-corrected chi connectivity index (χ0v) is 12.4. The summed E-state index contributed by atoms with van der Waals surface area (Å²) in [5, 5.41) is 0. The van der Waals surface area contributed by atoms with Crippen molar-refractivity contribution in [2.75, 3.05) is 5.75 Å². The van der Waals surface area contributed by atoms with Gasteiger partial charge in [-0.25, -0.2) is 0 Å². The van der Waals surface area contributed by atoms with Gasteiger partial charge in [0.15, 0.2) is 5.78 Å². The topological polar surface area (TPSA) is 17.1 Å². The summed E-state index contributed by atoms with van der Waals surface area (Å²) >= 11 is 1.79. The van der Waals surface area contributed by atoms with E-state index in [-0.39, 0.29) is 5.78 Å². The quantitative estimate of drug-likeness (QED) is 0.594. The number of rotatable bonds is 4. The molecule has 0 unspecified atom stereocenters. The van der Waals surface area contributed by atoms with Crippen LogP contribution in [0.1, 0.15) is 34.0 Å². The molecule has 0 radical (unpaired) electrons. The van der Waals surface area contributed by atoms with Crippen LogP contribution in [0.15, 0.2) is 47.4 Å². The van der Waals surface area contributed by atoms with Crippen molar-refractivity contribution >= 4 is 17.5 Å². The van der Waals surface area contributed by atoms with E-state index in [1.165, 1.54) is 10.5 Å². The van der Waals surface area contributed by atoms with Gasteiger partial charge in [-0.05, 0) is 49.4 Å². The van der Waals surface area contributed by atoms with Crippen molar-refractivity contribution in [1.82, 2.24) is 0 Å². The third kappa shape index (κ3) is 3.27.